The number of hydrogen-bond acceptors (Lipinski definition) is 7. The molecule has 0 fully saturated rings. The number of thioether (sulfide) groups is 1. The molecule has 38 heavy (non-hydrogen) atoms. The molecule has 2 heterocycles. The smallest absolute Gasteiger partial charge is 0.399 e. The zero-order chi connectivity index (χ0) is 27.7. The number of hydrogen-bond donors (Lipinski definition) is 4. The summed E-state index contributed by atoms with van der Waals surface area (Å²) in [5, 5.41) is 0.900. The third kappa shape index (κ3) is 6.49. The Balaban J connectivity index is 0.000000617. The summed E-state index contributed by atoms with van der Waals surface area (Å²) in [4.78, 5) is 25.5. The minimum Gasteiger partial charge on any atom is -0.399 e. The van der Waals surface area contributed by atoms with Crippen LogP contribution in [0.1, 0.15) is 11.4 Å². The molecule has 10 nitrogen and oxygen atoms in total. The van der Waals surface area contributed by atoms with Gasteiger partial charge in [-0.15, -0.1) is 0 Å². The number of aromatic amines is 1. The van der Waals surface area contributed by atoms with Crippen molar-refractivity contribution >= 4 is 49.8 Å². The summed E-state index contributed by atoms with van der Waals surface area (Å²) >= 11 is 1.29. The monoisotopic (exact) mass is 565 g/mol. The van der Waals surface area contributed by atoms with E-state index >= 15 is 0 Å². The third-order valence-corrected chi connectivity index (χ3v) is 5.97. The fourth-order valence-electron chi connectivity index (χ4n) is 3.57. The summed E-state index contributed by atoms with van der Waals surface area (Å²) < 4.78 is 72.7. The lowest BCUT2D eigenvalue weighted by Crippen LogP contribution is -2.24. The normalized spacial score (nSPS) is 11.9. The Morgan fingerprint density at radius 2 is 1.68 bits per heavy atom. The van der Waals surface area contributed by atoms with E-state index in [1.165, 1.54) is 28.5 Å². The summed E-state index contributed by atoms with van der Waals surface area (Å²) in [5.74, 6) is 0.508. The van der Waals surface area contributed by atoms with Crippen LogP contribution in [-0.2, 0) is 22.3 Å². The van der Waals surface area contributed by atoms with Gasteiger partial charge in [-0.1, -0.05) is 30.0 Å². The number of nitrogens with zero attached hydrogens (tertiary/aromatic N) is 3. The first-order chi connectivity index (χ1) is 17.8. The van der Waals surface area contributed by atoms with Crippen LogP contribution in [0, 0.1) is 0 Å². The summed E-state index contributed by atoms with van der Waals surface area (Å²) in [7, 11) is -4.67. The molecule has 0 spiro atoms. The number of nitrogen functional groups attached to an aromatic ring is 1. The molecule has 0 unspecified atom stereocenters. The molecule has 3 aromatic carbocycles. The van der Waals surface area contributed by atoms with E-state index in [0.717, 1.165) is 23.2 Å². The van der Waals surface area contributed by atoms with Crippen molar-refractivity contribution in [1.29, 1.82) is 0 Å². The van der Waals surface area contributed by atoms with Gasteiger partial charge < -0.3 is 10.7 Å². The fourth-order valence-corrected chi connectivity index (χ4v) is 4.37. The first-order valence-corrected chi connectivity index (χ1v) is 12.9. The summed E-state index contributed by atoms with van der Waals surface area (Å²) in [5.41, 5.74) is 7.19. The Labute approximate surface area is 216 Å². The number of fused-ring (bicyclic) bond motifs is 2. The predicted molar refractivity (Wildman–Crippen MR) is 137 cm³/mol. The van der Waals surface area contributed by atoms with E-state index in [2.05, 4.69) is 15.0 Å². The van der Waals surface area contributed by atoms with Crippen LogP contribution in [0.25, 0.3) is 27.6 Å². The van der Waals surface area contributed by atoms with Gasteiger partial charge in [-0.05, 0) is 48.5 Å². The molecule has 198 valence electrons. The summed E-state index contributed by atoms with van der Waals surface area (Å²) in [6, 6.07) is 16.7. The van der Waals surface area contributed by atoms with Crippen molar-refractivity contribution in [1.82, 2.24) is 19.5 Å². The molecule has 0 radical (unpaired) electrons. The SMILES string of the molecule is Nc1ccc2nc(SCc3nc4ccccc4c(=O)n3-c3cccc(C(F)(F)F)c3)[nH]c2c1.O=S(=O)(O)O. The van der Waals surface area contributed by atoms with Crippen LogP contribution in [0.4, 0.5) is 18.9 Å². The van der Waals surface area contributed by atoms with Crippen LogP contribution in [0.15, 0.2) is 76.7 Å². The molecule has 15 heteroatoms. The number of nitrogens with one attached hydrogen (secondary N) is 1. The lowest BCUT2D eigenvalue weighted by Gasteiger charge is -2.15. The van der Waals surface area contributed by atoms with Crippen molar-refractivity contribution in [2.45, 2.75) is 17.1 Å². The second-order valence-corrected chi connectivity index (χ2v) is 9.65. The Kier molecular flexibility index (Phi) is 7.46. The first-order valence-electron chi connectivity index (χ1n) is 10.6. The maximum atomic E-state index is 13.3. The number of imidazole rings is 1. The summed E-state index contributed by atoms with van der Waals surface area (Å²) in [6.45, 7) is 0. The van der Waals surface area contributed by atoms with E-state index in [-0.39, 0.29) is 11.4 Å². The number of halogens is 3. The van der Waals surface area contributed by atoms with E-state index in [9.17, 15) is 18.0 Å². The van der Waals surface area contributed by atoms with Crippen LogP contribution in [0.3, 0.4) is 0 Å². The van der Waals surface area contributed by atoms with Gasteiger partial charge in [-0.3, -0.25) is 18.5 Å². The van der Waals surface area contributed by atoms with Crippen LogP contribution in [0.2, 0.25) is 0 Å². The number of para-hydroxylation sites is 1. The molecular formula is C23H18F3N5O5S2. The zero-order valence-corrected chi connectivity index (χ0v) is 20.7. The number of anilines is 1. The first kappa shape index (κ1) is 27.1. The molecule has 0 aliphatic carbocycles. The van der Waals surface area contributed by atoms with Gasteiger partial charge >= 0.3 is 16.6 Å². The highest BCUT2D eigenvalue weighted by molar-refractivity contribution is 7.98. The number of alkyl halides is 3. The van der Waals surface area contributed by atoms with Crippen LogP contribution >= 0.6 is 11.8 Å². The fraction of sp³-hybridized carbons (Fsp3) is 0.0870. The standard InChI is InChI=1S/C23H16F3N5OS.H2O4S/c24-23(25,26)13-4-3-5-15(10-13)31-20(28-17-7-2-1-6-16(17)21(31)32)12-33-22-29-18-9-8-14(27)11-19(18)30-22;1-5(2,3)4/h1-11H,12,27H2,(H,29,30);(H2,1,2,3,4). The maximum absolute atomic E-state index is 13.3. The zero-order valence-electron chi connectivity index (χ0n) is 19.0. The molecule has 5 rings (SSSR count). The lowest BCUT2D eigenvalue weighted by molar-refractivity contribution is -0.137. The number of nitrogens with two attached hydrogens (primary N) is 1. The number of aromatic nitrogens is 4. The molecule has 0 bridgehead atoms. The van der Waals surface area contributed by atoms with Crippen LogP contribution in [0.5, 0.6) is 0 Å². The molecule has 0 aliphatic heterocycles. The van der Waals surface area contributed by atoms with Gasteiger partial charge in [0.2, 0.25) is 0 Å². The lowest BCUT2D eigenvalue weighted by atomic mass is 10.2. The second kappa shape index (κ2) is 10.4. The van der Waals surface area contributed by atoms with E-state index < -0.39 is 27.7 Å². The molecule has 0 saturated carbocycles. The highest BCUT2D eigenvalue weighted by Gasteiger charge is 2.31. The van der Waals surface area contributed by atoms with Crippen molar-refractivity contribution < 1.29 is 30.7 Å². The maximum Gasteiger partial charge on any atom is 0.416 e. The minimum absolute atomic E-state index is 0.0982. The molecule has 5 N–H and O–H groups in total. The van der Waals surface area contributed by atoms with E-state index in [1.54, 1.807) is 42.5 Å². The predicted octanol–water partition coefficient (Wildman–Crippen LogP) is 4.50. The van der Waals surface area contributed by atoms with Crippen molar-refractivity contribution in [3.63, 3.8) is 0 Å². The van der Waals surface area contributed by atoms with Gasteiger partial charge in [0.25, 0.3) is 5.56 Å². The van der Waals surface area contributed by atoms with Crippen LogP contribution < -0.4 is 11.3 Å². The minimum atomic E-state index is -4.67. The van der Waals surface area contributed by atoms with Crippen molar-refractivity contribution in [2.75, 3.05) is 5.73 Å². The van der Waals surface area contributed by atoms with Crippen molar-refractivity contribution in [3.05, 3.63) is 88.5 Å². The molecule has 5 aromatic rings. The van der Waals surface area contributed by atoms with Crippen molar-refractivity contribution in [3.8, 4) is 5.69 Å². The Hall–Kier alpha value is -3.92. The molecule has 0 saturated heterocycles. The van der Waals surface area contributed by atoms with E-state index in [4.69, 9.17) is 23.3 Å². The van der Waals surface area contributed by atoms with Gasteiger partial charge in [0, 0.05) is 5.69 Å². The quantitative estimate of drug-likeness (QED) is 0.139. The second-order valence-electron chi connectivity index (χ2n) is 7.79. The highest BCUT2D eigenvalue weighted by atomic mass is 32.3. The Morgan fingerprint density at radius 1 is 0.974 bits per heavy atom. The molecule has 0 aliphatic rings. The third-order valence-electron chi connectivity index (χ3n) is 5.10. The van der Waals surface area contributed by atoms with E-state index in [1.807, 2.05) is 0 Å². The van der Waals surface area contributed by atoms with Crippen LogP contribution in [-0.4, -0.2) is 37.0 Å². The number of benzene rings is 3. The molecule has 2 aromatic heterocycles. The molecule has 0 amide bonds. The molecule has 0 atom stereocenters. The van der Waals surface area contributed by atoms with Gasteiger partial charge in [0.05, 0.1) is 38.9 Å². The summed E-state index contributed by atoms with van der Waals surface area (Å²) in [6.07, 6.45) is -4.53. The highest BCUT2D eigenvalue weighted by Crippen LogP contribution is 2.31. The largest absolute Gasteiger partial charge is 0.416 e. The van der Waals surface area contributed by atoms with E-state index in [0.29, 0.717) is 27.6 Å². The molecular weight excluding hydrogens is 547 g/mol. The average Bonchev–Trinajstić information content (AvgIpc) is 3.23. The Bertz CT molecular complexity index is 1800. The van der Waals surface area contributed by atoms with Crippen molar-refractivity contribution in [2.24, 2.45) is 0 Å². The average molecular weight is 566 g/mol. The number of H-pyrrole nitrogens is 1. The number of rotatable bonds is 4. The Morgan fingerprint density at radius 3 is 2.39 bits per heavy atom. The van der Waals surface area contributed by atoms with Gasteiger partial charge in [-0.2, -0.15) is 21.6 Å². The van der Waals surface area contributed by atoms with Gasteiger partial charge in [-0.25, -0.2) is 9.97 Å². The topological polar surface area (TPSA) is 164 Å². The van der Waals surface area contributed by atoms with Gasteiger partial charge in [0.1, 0.15) is 5.82 Å². The van der Waals surface area contributed by atoms with Gasteiger partial charge in [0.15, 0.2) is 5.16 Å².